The highest BCUT2D eigenvalue weighted by Gasteiger charge is 2.19. The van der Waals surface area contributed by atoms with Gasteiger partial charge in [0.05, 0.1) is 7.11 Å². The lowest BCUT2D eigenvalue weighted by Crippen LogP contribution is -2.30. The monoisotopic (exact) mass is 371 g/mol. The van der Waals surface area contributed by atoms with Crippen molar-refractivity contribution in [3.05, 3.63) is 42.0 Å². The van der Waals surface area contributed by atoms with Crippen LogP contribution in [0.15, 0.2) is 36.4 Å². The third kappa shape index (κ3) is 4.31. The molecule has 27 heavy (non-hydrogen) atoms. The van der Waals surface area contributed by atoms with Crippen molar-refractivity contribution in [2.45, 2.75) is 20.0 Å². The smallest absolute Gasteiger partial charge is 0.265 e. The highest BCUT2D eigenvalue weighted by Crippen LogP contribution is 2.33. The fraction of sp³-hybridized carbons (Fsp3) is 0.300. The maximum Gasteiger partial charge on any atom is 0.265 e. The van der Waals surface area contributed by atoms with Crippen molar-refractivity contribution < 1.29 is 28.5 Å². The molecular formula is C20H21NO6. The molecule has 1 N–H and O–H groups in total. The molecule has 0 bridgehead atoms. The van der Waals surface area contributed by atoms with E-state index >= 15 is 0 Å². The van der Waals surface area contributed by atoms with E-state index in [4.69, 9.17) is 18.9 Å². The van der Waals surface area contributed by atoms with Gasteiger partial charge in [-0.1, -0.05) is 0 Å². The second-order valence-corrected chi connectivity index (χ2v) is 6.03. The average Bonchev–Trinajstić information content (AvgIpc) is 2.67. The van der Waals surface area contributed by atoms with Gasteiger partial charge in [-0.25, -0.2) is 0 Å². The van der Waals surface area contributed by atoms with E-state index in [1.807, 2.05) is 0 Å². The molecule has 0 aliphatic carbocycles. The molecule has 0 aromatic heterocycles. The maximum atomic E-state index is 12.5. The predicted molar refractivity (Wildman–Crippen MR) is 99.2 cm³/mol. The van der Waals surface area contributed by atoms with Gasteiger partial charge in [0.15, 0.2) is 34.9 Å². The zero-order valence-corrected chi connectivity index (χ0v) is 15.4. The number of carbonyl (C=O) groups is 2. The Morgan fingerprint density at radius 3 is 2.48 bits per heavy atom. The first-order chi connectivity index (χ1) is 13.0. The zero-order valence-electron chi connectivity index (χ0n) is 15.4. The molecule has 7 heteroatoms. The van der Waals surface area contributed by atoms with Gasteiger partial charge in [-0.15, -0.1) is 0 Å². The van der Waals surface area contributed by atoms with Gasteiger partial charge in [0.25, 0.3) is 5.91 Å². The topological polar surface area (TPSA) is 83.1 Å². The molecule has 2 aromatic rings. The summed E-state index contributed by atoms with van der Waals surface area (Å²) in [6.45, 7) is 4.08. The number of anilines is 1. The van der Waals surface area contributed by atoms with Gasteiger partial charge < -0.3 is 24.3 Å². The van der Waals surface area contributed by atoms with Crippen molar-refractivity contribution in [3.8, 4) is 23.0 Å². The fourth-order valence-electron chi connectivity index (χ4n) is 2.59. The second kappa shape index (κ2) is 7.99. The minimum absolute atomic E-state index is 0.0794. The van der Waals surface area contributed by atoms with Crippen LogP contribution in [0.2, 0.25) is 0 Å². The number of rotatable bonds is 6. The molecule has 1 heterocycles. The quantitative estimate of drug-likeness (QED) is 0.786. The van der Waals surface area contributed by atoms with Gasteiger partial charge in [0.1, 0.15) is 13.2 Å². The number of ether oxygens (including phenoxy) is 4. The van der Waals surface area contributed by atoms with Crippen LogP contribution in [0.4, 0.5) is 5.69 Å². The minimum atomic E-state index is -0.782. The number of methoxy groups -OCH3 is 1. The van der Waals surface area contributed by atoms with Crippen LogP contribution in [0, 0.1) is 0 Å². The number of fused-ring (bicyclic) bond motifs is 1. The summed E-state index contributed by atoms with van der Waals surface area (Å²) in [5.41, 5.74) is 1.09. The number of amides is 1. The predicted octanol–water partition coefficient (Wildman–Crippen LogP) is 3.08. The van der Waals surface area contributed by atoms with Gasteiger partial charge in [0.2, 0.25) is 0 Å². The highest BCUT2D eigenvalue weighted by atomic mass is 16.6. The summed E-state index contributed by atoms with van der Waals surface area (Å²) in [5.74, 6) is 1.61. The molecule has 7 nitrogen and oxygen atoms in total. The standard InChI is InChI=1S/C20H21NO6/c1-12(22)14-4-6-17(18(10-14)24-3)27-13(2)20(23)21-15-5-7-16-19(11-15)26-9-8-25-16/h4-7,10-11,13H,8-9H2,1-3H3,(H,21,23). The molecule has 1 aliphatic rings. The Morgan fingerprint density at radius 2 is 1.78 bits per heavy atom. The summed E-state index contributed by atoms with van der Waals surface area (Å²) in [5, 5.41) is 2.78. The van der Waals surface area contributed by atoms with Crippen molar-refractivity contribution in [2.24, 2.45) is 0 Å². The van der Waals surface area contributed by atoms with E-state index in [9.17, 15) is 9.59 Å². The van der Waals surface area contributed by atoms with Gasteiger partial charge in [0, 0.05) is 17.3 Å². The van der Waals surface area contributed by atoms with Crippen LogP contribution < -0.4 is 24.3 Å². The molecule has 0 saturated heterocycles. The van der Waals surface area contributed by atoms with Gasteiger partial charge in [-0.05, 0) is 44.2 Å². The minimum Gasteiger partial charge on any atom is -0.493 e. The molecule has 1 atom stereocenters. The number of benzene rings is 2. The largest absolute Gasteiger partial charge is 0.493 e. The summed E-state index contributed by atoms with van der Waals surface area (Å²) in [4.78, 5) is 23.9. The SMILES string of the molecule is COc1cc(C(C)=O)ccc1OC(C)C(=O)Nc1ccc2c(c1)OCCO2. The molecular weight excluding hydrogens is 350 g/mol. The summed E-state index contributed by atoms with van der Waals surface area (Å²) in [7, 11) is 1.48. The first-order valence-electron chi connectivity index (χ1n) is 8.54. The van der Waals surface area contributed by atoms with Crippen LogP contribution in [-0.4, -0.2) is 38.1 Å². The van der Waals surface area contributed by atoms with E-state index in [0.717, 1.165) is 0 Å². The number of ketones is 1. The summed E-state index contributed by atoms with van der Waals surface area (Å²) >= 11 is 0. The van der Waals surface area contributed by atoms with Crippen LogP contribution in [0.3, 0.4) is 0 Å². The van der Waals surface area contributed by atoms with Crippen LogP contribution in [0.5, 0.6) is 23.0 Å². The molecule has 142 valence electrons. The Bertz CT molecular complexity index is 864. The van der Waals surface area contributed by atoms with E-state index in [0.29, 0.717) is 47.5 Å². The van der Waals surface area contributed by atoms with Crippen LogP contribution in [0.25, 0.3) is 0 Å². The summed E-state index contributed by atoms with van der Waals surface area (Å²) in [6.07, 6.45) is -0.782. The maximum absolute atomic E-state index is 12.5. The van der Waals surface area contributed by atoms with Crippen molar-refractivity contribution in [2.75, 3.05) is 25.6 Å². The van der Waals surface area contributed by atoms with Crippen LogP contribution in [-0.2, 0) is 4.79 Å². The summed E-state index contributed by atoms with van der Waals surface area (Å²) < 4.78 is 21.9. The van der Waals surface area contributed by atoms with E-state index in [1.54, 1.807) is 43.3 Å². The number of Topliss-reactive ketones (excluding diaryl/α,β-unsaturated/α-hetero) is 1. The lowest BCUT2D eigenvalue weighted by molar-refractivity contribution is -0.122. The lowest BCUT2D eigenvalue weighted by Gasteiger charge is -2.20. The average molecular weight is 371 g/mol. The Labute approximate surface area is 157 Å². The van der Waals surface area contributed by atoms with E-state index < -0.39 is 6.10 Å². The Morgan fingerprint density at radius 1 is 1.04 bits per heavy atom. The molecule has 0 saturated carbocycles. The van der Waals surface area contributed by atoms with E-state index in [1.165, 1.54) is 14.0 Å². The lowest BCUT2D eigenvalue weighted by atomic mass is 10.1. The van der Waals surface area contributed by atoms with Gasteiger partial charge in [-0.2, -0.15) is 0 Å². The van der Waals surface area contributed by atoms with E-state index in [2.05, 4.69) is 5.32 Å². The number of nitrogens with one attached hydrogen (secondary N) is 1. The van der Waals surface area contributed by atoms with Gasteiger partial charge >= 0.3 is 0 Å². The summed E-state index contributed by atoms with van der Waals surface area (Å²) in [6, 6.07) is 10.0. The molecule has 1 amide bonds. The van der Waals surface area contributed by atoms with Crippen molar-refractivity contribution in [3.63, 3.8) is 0 Å². The second-order valence-electron chi connectivity index (χ2n) is 6.03. The third-order valence-electron chi connectivity index (χ3n) is 4.05. The fourth-order valence-corrected chi connectivity index (χ4v) is 2.59. The first kappa shape index (κ1) is 18.6. The third-order valence-corrected chi connectivity index (χ3v) is 4.05. The molecule has 1 aliphatic heterocycles. The number of hydrogen-bond acceptors (Lipinski definition) is 6. The Hall–Kier alpha value is -3.22. The van der Waals surface area contributed by atoms with Crippen molar-refractivity contribution >= 4 is 17.4 Å². The van der Waals surface area contributed by atoms with Crippen molar-refractivity contribution in [1.29, 1.82) is 0 Å². The molecule has 2 aromatic carbocycles. The van der Waals surface area contributed by atoms with Crippen LogP contribution in [0.1, 0.15) is 24.2 Å². The molecule has 1 unspecified atom stereocenters. The van der Waals surface area contributed by atoms with Gasteiger partial charge in [-0.3, -0.25) is 9.59 Å². The zero-order chi connectivity index (χ0) is 19.4. The normalized spacial score (nSPS) is 13.4. The highest BCUT2D eigenvalue weighted by molar-refractivity contribution is 5.95. The van der Waals surface area contributed by atoms with E-state index in [-0.39, 0.29) is 11.7 Å². The number of hydrogen-bond donors (Lipinski definition) is 1. The Balaban J connectivity index is 1.68. The molecule has 0 fully saturated rings. The molecule has 0 spiro atoms. The molecule has 0 radical (unpaired) electrons. The molecule has 3 rings (SSSR count). The number of carbonyl (C=O) groups excluding carboxylic acids is 2. The first-order valence-corrected chi connectivity index (χ1v) is 8.54. The van der Waals surface area contributed by atoms with Crippen molar-refractivity contribution in [1.82, 2.24) is 0 Å². The van der Waals surface area contributed by atoms with Crippen LogP contribution >= 0.6 is 0 Å². The Kier molecular flexibility index (Phi) is 5.49.